The molecule has 2 aromatic heterocycles. The molecule has 0 aliphatic carbocycles. The maximum atomic E-state index is 12.8. The summed E-state index contributed by atoms with van der Waals surface area (Å²) < 4.78 is 7.26. The molecule has 1 aliphatic rings. The fourth-order valence-corrected chi connectivity index (χ4v) is 5.57. The van der Waals surface area contributed by atoms with Crippen LogP contribution in [0.5, 0.6) is 0 Å². The fourth-order valence-electron chi connectivity index (χ4n) is 4.32. The van der Waals surface area contributed by atoms with E-state index in [9.17, 15) is 9.59 Å². The van der Waals surface area contributed by atoms with Crippen LogP contribution < -0.4 is 4.90 Å². The van der Waals surface area contributed by atoms with E-state index in [1.165, 1.54) is 11.3 Å². The minimum atomic E-state index is -0.506. The quantitative estimate of drug-likeness (QED) is 0.367. The number of para-hydroxylation sites is 1. The van der Waals surface area contributed by atoms with E-state index in [1.807, 2.05) is 67.1 Å². The molecular formula is C25H22ClN3O3S. The number of aromatic nitrogens is 2. The molecule has 0 spiro atoms. The van der Waals surface area contributed by atoms with Gasteiger partial charge in [-0.05, 0) is 49.6 Å². The second-order valence-electron chi connectivity index (χ2n) is 8.19. The van der Waals surface area contributed by atoms with Gasteiger partial charge in [0.2, 0.25) is 0 Å². The summed E-state index contributed by atoms with van der Waals surface area (Å²) in [7, 11) is 0. The van der Waals surface area contributed by atoms with Gasteiger partial charge in [-0.2, -0.15) is 5.10 Å². The number of thiophene rings is 1. The van der Waals surface area contributed by atoms with Crippen LogP contribution in [0, 0.1) is 6.92 Å². The Labute approximate surface area is 200 Å². The fraction of sp³-hybridized carbons (Fsp3) is 0.240. The predicted molar refractivity (Wildman–Crippen MR) is 130 cm³/mol. The number of halogens is 1. The Kier molecular flexibility index (Phi) is 5.68. The Balaban J connectivity index is 1.31. The zero-order chi connectivity index (χ0) is 23.1. The number of hydrogen-bond donors (Lipinski definition) is 0. The first kappa shape index (κ1) is 21.7. The first-order valence-corrected chi connectivity index (χ1v) is 11.9. The average Bonchev–Trinajstić information content (AvgIpc) is 3.46. The van der Waals surface area contributed by atoms with Crippen molar-refractivity contribution in [3.8, 4) is 0 Å². The summed E-state index contributed by atoms with van der Waals surface area (Å²) in [5, 5.41) is 6.17. The second-order valence-corrected chi connectivity index (χ2v) is 9.62. The number of fused-ring (bicyclic) bond motifs is 2. The highest BCUT2D eigenvalue weighted by Crippen LogP contribution is 2.32. The van der Waals surface area contributed by atoms with Gasteiger partial charge in [0, 0.05) is 22.1 Å². The van der Waals surface area contributed by atoms with E-state index in [4.69, 9.17) is 16.3 Å². The van der Waals surface area contributed by atoms with Gasteiger partial charge in [0.15, 0.2) is 6.61 Å². The van der Waals surface area contributed by atoms with E-state index >= 15 is 0 Å². The molecule has 0 fully saturated rings. The van der Waals surface area contributed by atoms with Crippen molar-refractivity contribution >= 4 is 50.7 Å². The monoisotopic (exact) mass is 479 g/mol. The van der Waals surface area contributed by atoms with Crippen molar-refractivity contribution in [2.24, 2.45) is 0 Å². The maximum absolute atomic E-state index is 12.8. The van der Waals surface area contributed by atoms with Gasteiger partial charge >= 0.3 is 5.97 Å². The highest BCUT2D eigenvalue weighted by Gasteiger charge is 2.31. The molecule has 8 heteroatoms. The lowest BCUT2D eigenvalue weighted by Crippen LogP contribution is -2.38. The van der Waals surface area contributed by atoms with Crippen LogP contribution in [0.4, 0.5) is 5.69 Å². The number of anilines is 1. The molecule has 1 atom stereocenters. The number of carbonyl (C=O) groups is 2. The molecule has 4 aromatic rings. The standard InChI is InChI=1S/C25H22ClN3O3S/c1-15-11-17-7-4-6-10-21(17)29(15)23(30)14-32-25(31)22-12-19-16(2)27-28(24(19)33-22)13-18-8-3-5-9-20(18)26/h3-10,12,15H,11,13-14H2,1-2H3/t15-/m0/s1. The number of ether oxygens (including phenoxy) is 1. The zero-order valence-electron chi connectivity index (χ0n) is 18.2. The molecule has 0 saturated heterocycles. The van der Waals surface area contributed by atoms with Crippen molar-refractivity contribution in [2.45, 2.75) is 32.9 Å². The number of rotatable bonds is 5. The smallest absolute Gasteiger partial charge is 0.348 e. The average molecular weight is 480 g/mol. The number of hydrogen-bond acceptors (Lipinski definition) is 5. The van der Waals surface area contributed by atoms with E-state index in [-0.39, 0.29) is 18.6 Å². The lowest BCUT2D eigenvalue weighted by Gasteiger charge is -2.22. The lowest BCUT2D eigenvalue weighted by molar-refractivity contribution is -0.122. The Hall–Kier alpha value is -3.16. The number of carbonyl (C=O) groups excluding carboxylic acids is 2. The molecule has 33 heavy (non-hydrogen) atoms. The molecule has 0 unspecified atom stereocenters. The summed E-state index contributed by atoms with van der Waals surface area (Å²) in [5.74, 6) is -0.726. The number of esters is 1. The number of amides is 1. The van der Waals surface area contributed by atoms with Crippen molar-refractivity contribution in [1.82, 2.24) is 9.78 Å². The molecule has 0 radical (unpaired) electrons. The van der Waals surface area contributed by atoms with Crippen LogP contribution in [0.1, 0.15) is 33.4 Å². The first-order chi connectivity index (χ1) is 15.9. The highest BCUT2D eigenvalue weighted by atomic mass is 35.5. The minimum absolute atomic E-state index is 0.0383. The molecule has 5 rings (SSSR count). The molecular weight excluding hydrogens is 458 g/mol. The summed E-state index contributed by atoms with van der Waals surface area (Å²) in [6.07, 6.45) is 0.799. The van der Waals surface area contributed by atoms with Crippen molar-refractivity contribution in [3.05, 3.63) is 81.3 Å². The van der Waals surface area contributed by atoms with Gasteiger partial charge in [-0.15, -0.1) is 11.3 Å². The van der Waals surface area contributed by atoms with E-state index < -0.39 is 5.97 Å². The Morgan fingerprint density at radius 2 is 1.94 bits per heavy atom. The van der Waals surface area contributed by atoms with Gasteiger partial charge in [-0.25, -0.2) is 4.79 Å². The topological polar surface area (TPSA) is 64.4 Å². The largest absolute Gasteiger partial charge is 0.451 e. The molecule has 1 amide bonds. The van der Waals surface area contributed by atoms with Gasteiger partial charge in [0.25, 0.3) is 5.91 Å². The van der Waals surface area contributed by atoms with Gasteiger partial charge in [0.1, 0.15) is 9.71 Å². The Morgan fingerprint density at radius 3 is 2.76 bits per heavy atom. The van der Waals surface area contributed by atoms with Gasteiger partial charge < -0.3 is 9.64 Å². The van der Waals surface area contributed by atoms with Crippen molar-refractivity contribution in [2.75, 3.05) is 11.5 Å². The van der Waals surface area contributed by atoms with Crippen molar-refractivity contribution < 1.29 is 14.3 Å². The lowest BCUT2D eigenvalue weighted by atomic mass is 10.1. The molecule has 0 bridgehead atoms. The molecule has 0 N–H and O–H groups in total. The van der Waals surface area contributed by atoms with Gasteiger partial charge in [-0.3, -0.25) is 9.48 Å². The normalized spacial score (nSPS) is 15.1. The van der Waals surface area contributed by atoms with Crippen LogP contribution in [0.15, 0.2) is 54.6 Å². The third-order valence-corrected chi connectivity index (χ3v) is 7.39. The summed E-state index contributed by atoms with van der Waals surface area (Å²) in [4.78, 5) is 28.6. The van der Waals surface area contributed by atoms with Crippen LogP contribution >= 0.6 is 22.9 Å². The minimum Gasteiger partial charge on any atom is -0.451 e. The van der Waals surface area contributed by atoms with Crippen LogP contribution in [0.3, 0.4) is 0 Å². The third kappa shape index (κ3) is 4.03. The van der Waals surface area contributed by atoms with E-state index in [0.29, 0.717) is 16.4 Å². The van der Waals surface area contributed by atoms with Gasteiger partial charge in [-0.1, -0.05) is 48.0 Å². The maximum Gasteiger partial charge on any atom is 0.348 e. The Bertz CT molecular complexity index is 1380. The number of benzene rings is 2. The van der Waals surface area contributed by atoms with Crippen LogP contribution in [0.2, 0.25) is 5.02 Å². The molecule has 3 heterocycles. The summed E-state index contributed by atoms with van der Waals surface area (Å²) in [6.45, 7) is 4.11. The van der Waals surface area contributed by atoms with E-state index in [0.717, 1.165) is 39.1 Å². The van der Waals surface area contributed by atoms with E-state index in [2.05, 4.69) is 5.10 Å². The molecule has 2 aromatic carbocycles. The first-order valence-electron chi connectivity index (χ1n) is 10.7. The summed E-state index contributed by atoms with van der Waals surface area (Å²) in [5.41, 5.74) is 3.80. The molecule has 6 nitrogen and oxygen atoms in total. The van der Waals surface area contributed by atoms with Crippen molar-refractivity contribution in [1.29, 1.82) is 0 Å². The molecule has 168 valence electrons. The molecule has 0 saturated carbocycles. The SMILES string of the molecule is Cc1nn(Cc2ccccc2Cl)c2sc(C(=O)OCC(=O)N3c4ccccc4C[C@@H]3C)cc12. The van der Waals surface area contributed by atoms with Crippen LogP contribution in [0.25, 0.3) is 10.2 Å². The molecule has 1 aliphatic heterocycles. The summed E-state index contributed by atoms with van der Waals surface area (Å²) >= 11 is 7.62. The van der Waals surface area contributed by atoms with Crippen LogP contribution in [-0.4, -0.2) is 34.3 Å². The zero-order valence-corrected chi connectivity index (χ0v) is 19.8. The third-order valence-electron chi connectivity index (χ3n) is 5.89. The summed E-state index contributed by atoms with van der Waals surface area (Å²) in [6, 6.07) is 17.3. The Morgan fingerprint density at radius 1 is 1.18 bits per heavy atom. The predicted octanol–water partition coefficient (Wildman–Crippen LogP) is 5.24. The van der Waals surface area contributed by atoms with E-state index in [1.54, 1.807) is 11.0 Å². The number of nitrogens with zero attached hydrogens (tertiary/aromatic N) is 3. The van der Waals surface area contributed by atoms with Gasteiger partial charge in [0.05, 0.1) is 12.2 Å². The van der Waals surface area contributed by atoms with Crippen molar-refractivity contribution in [3.63, 3.8) is 0 Å². The second kappa shape index (κ2) is 8.65. The highest BCUT2D eigenvalue weighted by molar-refractivity contribution is 7.20. The van der Waals surface area contributed by atoms with Crippen LogP contribution in [-0.2, 0) is 22.5 Å². The number of aryl methyl sites for hydroxylation is 1.